The van der Waals surface area contributed by atoms with E-state index in [1.165, 1.54) is 19.1 Å². The van der Waals surface area contributed by atoms with Crippen LogP contribution in [0.1, 0.15) is 88.2 Å². The van der Waals surface area contributed by atoms with Crippen LogP contribution in [-0.4, -0.2) is 98.5 Å². The quantitative estimate of drug-likeness (QED) is 0.148. The van der Waals surface area contributed by atoms with Gasteiger partial charge in [-0.1, -0.05) is 51.7 Å². The summed E-state index contributed by atoms with van der Waals surface area (Å²) in [5.41, 5.74) is 4.32. The first kappa shape index (κ1) is 40.2. The van der Waals surface area contributed by atoms with Crippen LogP contribution in [0.15, 0.2) is 48.7 Å². The van der Waals surface area contributed by atoms with Gasteiger partial charge in [-0.2, -0.15) is 0 Å². The fourth-order valence-electron chi connectivity index (χ4n) is 8.47. The standard InChI is InChI=1S/C42H48F2N8O6/c1-22(2)33(49-40(55)57-5)38(53)51-17-7-8-31(51)36-45-21-30(48-36)26-14-11-24(12-15-26)9-10-25-13-16-28-29(18-25)47-37(46-28)35-27-19-32(42(43,44)20-27)52(35)39(54)34(23(3)4)50-41(56)58-6/h11-16,18,21-23,27,31-35H,7-8,17,19-20H2,1-6H3,(H,45,48)(H,46,47)(H,49,55)(H,50,56)/t27-,31+,32+,33+,34+,35+/m1/s1. The number of nitrogens with one attached hydrogen (secondary N) is 4. The Morgan fingerprint density at radius 3 is 2.17 bits per heavy atom. The minimum Gasteiger partial charge on any atom is -0.453 e. The summed E-state index contributed by atoms with van der Waals surface area (Å²) in [5.74, 6) is 2.62. The third-order valence-corrected chi connectivity index (χ3v) is 11.4. The Morgan fingerprint density at radius 2 is 1.52 bits per heavy atom. The number of nitrogens with zero attached hydrogens (tertiary/aromatic N) is 4. The number of hydrogen-bond acceptors (Lipinski definition) is 8. The SMILES string of the molecule is COC(=O)N[C@H](C(=O)N1CCC[C@H]1c1nc(-c2ccc(C#Cc3ccc4[nH]c([C@@H]5[C@@H]6C[C@H](N5C(=O)[C@@H](NC(=O)OC)C(C)C)C(F)(F)C6)nc4c3)cc2)c[nH]1)C(C)C. The van der Waals surface area contributed by atoms with Gasteiger partial charge in [0.15, 0.2) is 0 Å². The molecule has 306 valence electrons. The molecule has 1 saturated carbocycles. The predicted octanol–water partition coefficient (Wildman–Crippen LogP) is 6.07. The number of hydrogen-bond donors (Lipinski definition) is 4. The van der Waals surface area contributed by atoms with Crippen molar-refractivity contribution in [3.63, 3.8) is 0 Å². The first-order valence-electron chi connectivity index (χ1n) is 19.6. The summed E-state index contributed by atoms with van der Waals surface area (Å²) in [7, 11) is 2.45. The largest absolute Gasteiger partial charge is 0.453 e. The van der Waals surface area contributed by atoms with Crippen LogP contribution in [0.2, 0.25) is 0 Å². The van der Waals surface area contributed by atoms with Gasteiger partial charge < -0.3 is 39.9 Å². The lowest BCUT2D eigenvalue weighted by atomic mass is 9.94. The second-order valence-electron chi connectivity index (χ2n) is 15.9. The van der Waals surface area contributed by atoms with Crippen molar-refractivity contribution < 1.29 is 37.4 Å². The molecule has 2 aromatic heterocycles. The molecule has 2 saturated heterocycles. The molecular weight excluding hydrogens is 751 g/mol. The van der Waals surface area contributed by atoms with Gasteiger partial charge in [-0.25, -0.2) is 28.3 Å². The molecule has 7 rings (SSSR count). The highest BCUT2D eigenvalue weighted by Gasteiger charge is 2.64. The maximum atomic E-state index is 15.1. The molecule has 0 radical (unpaired) electrons. The number of imidazole rings is 2. The van der Waals surface area contributed by atoms with E-state index in [1.54, 1.807) is 18.7 Å². The van der Waals surface area contributed by atoms with Gasteiger partial charge in [-0.3, -0.25) is 9.59 Å². The molecule has 0 spiro atoms. The van der Waals surface area contributed by atoms with E-state index in [0.29, 0.717) is 34.8 Å². The van der Waals surface area contributed by atoms with Gasteiger partial charge in [-0.15, -0.1) is 0 Å². The Labute approximate surface area is 334 Å². The van der Waals surface area contributed by atoms with Gasteiger partial charge in [-0.05, 0) is 67.3 Å². The number of aromatic nitrogens is 4. The molecule has 4 aromatic rings. The number of halogens is 2. The molecule has 4 N–H and O–H groups in total. The molecular formula is C42H48F2N8O6. The zero-order valence-corrected chi connectivity index (χ0v) is 33.3. The van der Waals surface area contributed by atoms with E-state index in [1.807, 2.05) is 62.5 Å². The maximum Gasteiger partial charge on any atom is 0.407 e. The van der Waals surface area contributed by atoms with Crippen molar-refractivity contribution in [2.75, 3.05) is 20.8 Å². The van der Waals surface area contributed by atoms with Gasteiger partial charge in [0.1, 0.15) is 23.7 Å². The van der Waals surface area contributed by atoms with E-state index in [9.17, 15) is 19.2 Å². The van der Waals surface area contributed by atoms with Crippen molar-refractivity contribution in [2.45, 2.75) is 89.5 Å². The molecule has 4 heterocycles. The Hall–Kier alpha value is -5.98. The zero-order valence-electron chi connectivity index (χ0n) is 33.3. The number of rotatable bonds is 9. The third-order valence-electron chi connectivity index (χ3n) is 11.4. The predicted molar refractivity (Wildman–Crippen MR) is 209 cm³/mol. The summed E-state index contributed by atoms with van der Waals surface area (Å²) in [6, 6.07) is 9.10. The maximum absolute atomic E-state index is 15.1. The fourth-order valence-corrected chi connectivity index (χ4v) is 8.47. The minimum atomic E-state index is -3.05. The van der Waals surface area contributed by atoms with Crippen molar-refractivity contribution in [2.24, 2.45) is 17.8 Å². The van der Waals surface area contributed by atoms with Crippen LogP contribution in [0.25, 0.3) is 22.3 Å². The molecule has 2 aliphatic heterocycles. The Kier molecular flexibility index (Phi) is 11.2. The monoisotopic (exact) mass is 798 g/mol. The van der Waals surface area contributed by atoms with Crippen molar-refractivity contribution >= 4 is 35.0 Å². The van der Waals surface area contributed by atoms with Crippen LogP contribution in [-0.2, 0) is 19.1 Å². The van der Waals surface area contributed by atoms with Crippen molar-refractivity contribution in [3.8, 4) is 23.1 Å². The van der Waals surface area contributed by atoms with E-state index >= 15 is 8.78 Å². The molecule has 3 fully saturated rings. The van der Waals surface area contributed by atoms with E-state index in [0.717, 1.165) is 29.7 Å². The van der Waals surface area contributed by atoms with Crippen molar-refractivity contribution in [3.05, 3.63) is 71.4 Å². The summed E-state index contributed by atoms with van der Waals surface area (Å²) >= 11 is 0. The Morgan fingerprint density at radius 1 is 0.879 bits per heavy atom. The molecule has 2 bridgehead atoms. The molecule has 14 nitrogen and oxygen atoms in total. The zero-order chi connectivity index (χ0) is 41.5. The summed E-state index contributed by atoms with van der Waals surface area (Å²) < 4.78 is 39.7. The van der Waals surface area contributed by atoms with Gasteiger partial charge in [0, 0.05) is 35.9 Å². The highest BCUT2D eigenvalue weighted by molar-refractivity contribution is 5.88. The summed E-state index contributed by atoms with van der Waals surface area (Å²) in [6.07, 6.45) is 1.70. The highest BCUT2D eigenvalue weighted by atomic mass is 19.3. The number of carbonyl (C=O) groups is 4. The third kappa shape index (κ3) is 7.81. The number of piperidine rings is 1. The average Bonchev–Trinajstić information content (AvgIpc) is 4.04. The minimum absolute atomic E-state index is 0.132. The van der Waals surface area contributed by atoms with Crippen LogP contribution in [0.3, 0.4) is 0 Å². The topological polar surface area (TPSA) is 175 Å². The van der Waals surface area contributed by atoms with E-state index in [-0.39, 0.29) is 36.6 Å². The molecule has 16 heteroatoms. The number of aromatic amines is 2. The summed E-state index contributed by atoms with van der Waals surface area (Å²) in [4.78, 5) is 70.5. The smallest absolute Gasteiger partial charge is 0.407 e. The molecule has 6 atom stereocenters. The average molecular weight is 799 g/mol. The number of likely N-dealkylation sites (tertiary alicyclic amines) is 2. The van der Waals surface area contributed by atoms with Crippen LogP contribution >= 0.6 is 0 Å². The number of benzene rings is 2. The first-order valence-corrected chi connectivity index (χ1v) is 19.6. The van der Waals surface area contributed by atoms with Crippen molar-refractivity contribution in [1.82, 2.24) is 40.4 Å². The normalized spacial score (nSPS) is 21.8. The number of ether oxygens (including phenoxy) is 2. The molecule has 58 heavy (non-hydrogen) atoms. The summed E-state index contributed by atoms with van der Waals surface area (Å²) in [6.45, 7) is 7.79. The lowest BCUT2D eigenvalue weighted by Gasteiger charge is -2.40. The number of carbonyl (C=O) groups excluding carboxylic acids is 4. The molecule has 0 unspecified atom stereocenters. The van der Waals surface area contributed by atoms with Crippen LogP contribution in [0.4, 0.5) is 18.4 Å². The molecule has 4 amide bonds. The number of amides is 4. The van der Waals surface area contributed by atoms with E-state index in [2.05, 4.69) is 32.4 Å². The lowest BCUT2D eigenvalue weighted by Crippen LogP contribution is -2.57. The number of fused-ring (bicyclic) bond motifs is 3. The second-order valence-corrected chi connectivity index (χ2v) is 15.9. The number of alkyl carbamates (subject to hydrolysis) is 2. The number of H-pyrrole nitrogens is 2. The summed E-state index contributed by atoms with van der Waals surface area (Å²) in [5, 5.41) is 5.20. The molecule has 3 aliphatic rings. The van der Waals surface area contributed by atoms with Crippen LogP contribution in [0.5, 0.6) is 0 Å². The van der Waals surface area contributed by atoms with E-state index < -0.39 is 54.1 Å². The first-order chi connectivity index (χ1) is 27.7. The number of methoxy groups -OCH3 is 2. The fraction of sp³-hybridized carbons (Fsp3) is 0.476. The van der Waals surface area contributed by atoms with Crippen molar-refractivity contribution in [1.29, 1.82) is 0 Å². The van der Waals surface area contributed by atoms with Gasteiger partial charge in [0.25, 0.3) is 5.92 Å². The van der Waals surface area contributed by atoms with Gasteiger partial charge >= 0.3 is 12.2 Å². The van der Waals surface area contributed by atoms with Gasteiger partial charge in [0.2, 0.25) is 11.8 Å². The Balaban J connectivity index is 1.05. The molecule has 2 aromatic carbocycles. The van der Waals surface area contributed by atoms with Crippen LogP contribution in [0, 0.1) is 29.6 Å². The molecule has 1 aliphatic carbocycles. The van der Waals surface area contributed by atoms with Crippen LogP contribution < -0.4 is 10.6 Å². The lowest BCUT2D eigenvalue weighted by molar-refractivity contribution is -0.154. The number of alkyl halides is 2. The second kappa shape index (κ2) is 16.1. The van der Waals surface area contributed by atoms with Gasteiger partial charge in [0.05, 0.1) is 49.1 Å². The highest BCUT2D eigenvalue weighted by Crippen LogP contribution is 2.56. The Bertz CT molecular complexity index is 2260. The van der Waals surface area contributed by atoms with E-state index in [4.69, 9.17) is 19.4 Å².